The van der Waals surface area contributed by atoms with Crippen molar-refractivity contribution < 1.29 is 78.6 Å². The topological polar surface area (TPSA) is 121 Å². The first-order valence-corrected chi connectivity index (χ1v) is 5.57. The Hall–Kier alpha value is 1.12. The molecule has 0 amide bonds. The van der Waals surface area contributed by atoms with Crippen LogP contribution in [-0.2, 0) is 4.57 Å². The molecule has 0 rings (SSSR count). The zero-order chi connectivity index (χ0) is 15.1. The fourth-order valence-corrected chi connectivity index (χ4v) is 0.306. The molecule has 4 N–H and O–H groups in total. The van der Waals surface area contributed by atoms with Crippen molar-refractivity contribution in [1.29, 1.82) is 0 Å². The summed E-state index contributed by atoms with van der Waals surface area (Å²) in [5.41, 5.74) is 5.13. The molecule has 0 unspecified atom stereocenters. The first-order chi connectivity index (χ1) is 8.15. The van der Waals surface area contributed by atoms with Crippen molar-refractivity contribution in [2.24, 2.45) is 5.73 Å². The van der Waals surface area contributed by atoms with Crippen molar-refractivity contribution in [3.8, 4) is 0 Å². The summed E-state index contributed by atoms with van der Waals surface area (Å²) < 4.78 is 8.48. The van der Waals surface area contributed by atoms with Crippen molar-refractivity contribution in [3.05, 3.63) is 39.5 Å². The van der Waals surface area contributed by atoms with Crippen LogP contribution < -0.4 is 80.0 Å². The molecule has 0 fully saturated rings. The molecule has 0 heterocycles. The molecule has 0 atom stereocenters. The van der Waals surface area contributed by atoms with Crippen LogP contribution in [0.4, 0.5) is 0 Å². The van der Waals surface area contributed by atoms with E-state index in [0.29, 0.717) is 13.1 Å². The standard InChI is InChI=1S/C4H12N2O.3C2H4.2Na.HO3P/c5-1-2-6-3-4-7;3*1-2;;;1-4(2)3/h6-7H,1-5H2;3*1-2H2;;;(H,1,2,3)/q;;;;2*+1;/p-1. The average molecular weight is 313 g/mol. The van der Waals surface area contributed by atoms with Crippen molar-refractivity contribution in [1.82, 2.24) is 5.32 Å². The third-order valence-electron chi connectivity index (χ3n) is 0.610. The molecule has 0 saturated carbocycles. The van der Waals surface area contributed by atoms with Gasteiger partial charge < -0.3 is 25.9 Å². The molecule has 0 aliphatic rings. The second-order valence-electron chi connectivity index (χ2n) is 1.49. The zero-order valence-electron chi connectivity index (χ0n) is 12.3. The van der Waals surface area contributed by atoms with E-state index in [9.17, 15) is 0 Å². The van der Waals surface area contributed by atoms with Gasteiger partial charge in [-0.05, 0) is 0 Å². The van der Waals surface area contributed by atoms with Crippen LogP contribution in [0.3, 0.4) is 0 Å². The van der Waals surface area contributed by atoms with Gasteiger partial charge in [-0.3, -0.25) is 0 Å². The number of rotatable bonds is 4. The van der Waals surface area contributed by atoms with Gasteiger partial charge in [0.1, 0.15) is 0 Å². The maximum Gasteiger partial charge on any atom is 1.00 e. The molecule has 0 saturated heterocycles. The maximum absolute atomic E-state index is 8.48. The van der Waals surface area contributed by atoms with E-state index < -0.39 is 8.25 Å². The smallest absolute Gasteiger partial charge is 0.598 e. The Morgan fingerprint density at radius 1 is 1.00 bits per heavy atom. The number of nitrogens with one attached hydrogen (secondary N) is 1. The monoisotopic (exact) mass is 313 g/mol. The second-order valence-corrected chi connectivity index (χ2v) is 1.93. The van der Waals surface area contributed by atoms with Crippen LogP contribution in [0.25, 0.3) is 0 Å². The van der Waals surface area contributed by atoms with Crippen molar-refractivity contribution in [2.75, 3.05) is 26.2 Å². The fraction of sp³-hybridized carbons (Fsp3) is 0.400. The third kappa shape index (κ3) is 214. The van der Waals surface area contributed by atoms with Gasteiger partial charge in [0.15, 0.2) is 0 Å². The van der Waals surface area contributed by atoms with E-state index in [1.807, 2.05) is 0 Å². The van der Waals surface area contributed by atoms with Crippen molar-refractivity contribution in [2.45, 2.75) is 0 Å². The van der Waals surface area contributed by atoms with Gasteiger partial charge in [0.05, 0.1) is 6.61 Å². The van der Waals surface area contributed by atoms with Crippen LogP contribution in [0.2, 0.25) is 0 Å². The molecule has 0 aromatic rings. The number of hydrogen-bond acceptors (Lipinski definition) is 6. The van der Waals surface area contributed by atoms with Crippen LogP contribution in [0.5, 0.6) is 0 Å². The van der Waals surface area contributed by atoms with Gasteiger partial charge in [0.2, 0.25) is 0 Å². The molecule has 0 aliphatic heterocycles. The predicted molar refractivity (Wildman–Crippen MR) is 70.4 cm³/mol. The molecule has 0 bridgehead atoms. The molecule has 104 valence electrons. The molecular formula is C10H24N2Na2O4P+. The Balaban J connectivity index is -0.0000000210. The Morgan fingerprint density at radius 2 is 1.26 bits per heavy atom. The van der Waals surface area contributed by atoms with Crippen LogP contribution in [-0.4, -0.2) is 31.3 Å². The van der Waals surface area contributed by atoms with Crippen LogP contribution in [0, 0.1) is 0 Å². The van der Waals surface area contributed by atoms with E-state index in [-0.39, 0.29) is 65.7 Å². The first kappa shape index (κ1) is 42.7. The van der Waals surface area contributed by atoms with Gasteiger partial charge in [-0.1, -0.05) is 4.57 Å². The van der Waals surface area contributed by atoms with Crippen LogP contribution in [0.15, 0.2) is 39.5 Å². The van der Waals surface area contributed by atoms with E-state index >= 15 is 0 Å². The van der Waals surface area contributed by atoms with Gasteiger partial charge >= 0.3 is 59.1 Å². The summed E-state index contributed by atoms with van der Waals surface area (Å²) in [5, 5.41) is 11.1. The molecule has 0 aromatic carbocycles. The summed E-state index contributed by atoms with van der Waals surface area (Å²) in [7, 11) is -3.37. The fourth-order valence-electron chi connectivity index (χ4n) is 0.306. The molecule has 19 heavy (non-hydrogen) atoms. The average Bonchev–Trinajstić information content (AvgIpc) is 2.37. The first-order valence-electron chi connectivity index (χ1n) is 4.48. The van der Waals surface area contributed by atoms with Crippen LogP contribution >= 0.6 is 8.25 Å². The zero-order valence-corrected chi connectivity index (χ0v) is 17.2. The Labute approximate surface area is 162 Å². The van der Waals surface area contributed by atoms with E-state index in [1.165, 1.54) is 0 Å². The van der Waals surface area contributed by atoms with E-state index in [2.05, 4.69) is 44.8 Å². The summed E-state index contributed by atoms with van der Waals surface area (Å²) in [5.74, 6) is 0. The molecule has 0 radical (unpaired) electrons. The quantitative estimate of drug-likeness (QED) is 0.205. The predicted octanol–water partition coefficient (Wildman–Crippen LogP) is -6.69. The SMILES string of the molecule is C=C.C=C.C=C.NCCNCCO.O=[P+]([O-])[O-].[Na+].[Na+]. The Morgan fingerprint density at radius 3 is 1.42 bits per heavy atom. The minimum absolute atomic E-state index is 0. The van der Waals surface area contributed by atoms with E-state index in [1.54, 1.807) is 0 Å². The summed E-state index contributed by atoms with van der Waals surface area (Å²) >= 11 is 0. The number of nitrogens with two attached hydrogens (primary N) is 1. The molecule has 6 nitrogen and oxygen atoms in total. The van der Waals surface area contributed by atoms with Crippen LogP contribution in [0.1, 0.15) is 0 Å². The largest absolute Gasteiger partial charge is 1.00 e. The van der Waals surface area contributed by atoms with Gasteiger partial charge in [0.25, 0.3) is 8.25 Å². The number of aliphatic hydroxyl groups is 1. The third-order valence-corrected chi connectivity index (χ3v) is 0.610. The Kier molecular flexibility index (Phi) is 170. The van der Waals surface area contributed by atoms with E-state index in [4.69, 9.17) is 25.2 Å². The number of hydrogen-bond donors (Lipinski definition) is 3. The minimum Gasteiger partial charge on any atom is -0.598 e. The molecule has 0 spiro atoms. The summed E-state index contributed by atoms with van der Waals surface area (Å²) in [6.07, 6.45) is 0. The normalized spacial score (nSPS) is 5.47. The number of aliphatic hydroxyl groups excluding tert-OH is 1. The maximum atomic E-state index is 8.48. The summed E-state index contributed by atoms with van der Waals surface area (Å²) in [4.78, 5) is 17.0. The molecule has 0 aliphatic carbocycles. The van der Waals surface area contributed by atoms with E-state index in [0.717, 1.165) is 6.54 Å². The van der Waals surface area contributed by atoms with Crippen molar-refractivity contribution >= 4 is 8.25 Å². The van der Waals surface area contributed by atoms with Crippen molar-refractivity contribution in [3.63, 3.8) is 0 Å². The van der Waals surface area contributed by atoms with Gasteiger partial charge in [-0.2, -0.15) is 0 Å². The molecule has 0 aromatic heterocycles. The Bertz CT molecular complexity index is 125. The molecule has 9 heteroatoms. The second kappa shape index (κ2) is 75.5. The molecular weight excluding hydrogens is 289 g/mol. The van der Waals surface area contributed by atoms with Gasteiger partial charge in [-0.25, -0.2) is 0 Å². The summed E-state index contributed by atoms with van der Waals surface area (Å²) in [6, 6.07) is 0. The van der Waals surface area contributed by atoms with Gasteiger partial charge in [-0.15, -0.1) is 39.5 Å². The summed E-state index contributed by atoms with van der Waals surface area (Å²) in [6.45, 7) is 20.3. The minimum atomic E-state index is -3.37. The van der Waals surface area contributed by atoms with Gasteiger partial charge in [0, 0.05) is 19.6 Å².